The van der Waals surface area contributed by atoms with E-state index in [2.05, 4.69) is 15.3 Å². The molecule has 0 saturated heterocycles. The third-order valence-electron chi connectivity index (χ3n) is 3.12. The van der Waals surface area contributed by atoms with Crippen LogP contribution in [0.15, 0.2) is 35.1 Å². The number of carbonyl (C=O) groups excluding carboxylic acids is 1. The van der Waals surface area contributed by atoms with Gasteiger partial charge < -0.3 is 20.1 Å². The average Bonchev–Trinajstić information content (AvgIpc) is 2.84. The van der Waals surface area contributed by atoms with E-state index in [-0.39, 0.29) is 12.5 Å². The zero-order chi connectivity index (χ0) is 15.8. The summed E-state index contributed by atoms with van der Waals surface area (Å²) in [4.78, 5) is 27.2. The highest BCUT2D eigenvalue weighted by Gasteiger charge is 2.05. The van der Waals surface area contributed by atoms with Gasteiger partial charge in [0.05, 0.1) is 5.69 Å². The predicted molar refractivity (Wildman–Crippen MR) is 80.6 cm³/mol. The molecule has 2 rings (SSSR count). The normalized spacial score (nSPS) is 10.4. The number of aromatic amines is 2. The van der Waals surface area contributed by atoms with E-state index in [4.69, 9.17) is 4.74 Å². The minimum Gasteiger partial charge on any atom is -0.493 e. The van der Waals surface area contributed by atoms with Crippen molar-refractivity contribution in [1.82, 2.24) is 15.3 Å². The van der Waals surface area contributed by atoms with Gasteiger partial charge in [-0.3, -0.25) is 4.98 Å². The second kappa shape index (κ2) is 7.92. The van der Waals surface area contributed by atoms with Gasteiger partial charge in [-0.05, 0) is 24.8 Å². The first kappa shape index (κ1) is 15.7. The van der Waals surface area contributed by atoms with Gasteiger partial charge in [-0.1, -0.05) is 30.3 Å². The van der Waals surface area contributed by atoms with E-state index in [1.165, 1.54) is 0 Å². The summed E-state index contributed by atoms with van der Waals surface area (Å²) in [6.07, 6.45) is 1.51. The molecule has 1 aromatic heterocycles. The molecule has 0 spiro atoms. The number of aryl methyl sites for hydroxylation is 1. The molecular formula is C15H19N3O4. The molecule has 1 heterocycles. The number of imidazole rings is 1. The van der Waals surface area contributed by atoms with Crippen LogP contribution >= 0.6 is 0 Å². The van der Waals surface area contributed by atoms with E-state index < -0.39 is 11.8 Å². The Morgan fingerprint density at radius 1 is 1.18 bits per heavy atom. The number of benzene rings is 1. The number of H-pyrrole nitrogens is 2. The summed E-state index contributed by atoms with van der Waals surface area (Å²) in [6.45, 7) is 0.716. The van der Waals surface area contributed by atoms with Crippen molar-refractivity contribution in [2.45, 2.75) is 25.9 Å². The Balaban J connectivity index is 1.57. The fourth-order valence-corrected chi connectivity index (χ4v) is 1.98. The van der Waals surface area contributed by atoms with Crippen LogP contribution in [0.1, 0.15) is 24.1 Å². The fraction of sp³-hybridized carbons (Fsp3) is 0.333. The van der Waals surface area contributed by atoms with E-state index in [1.807, 2.05) is 30.3 Å². The fourth-order valence-electron chi connectivity index (χ4n) is 1.98. The zero-order valence-electron chi connectivity index (χ0n) is 12.1. The maximum absolute atomic E-state index is 11.5. The predicted octanol–water partition coefficient (Wildman–Crippen LogP) is 1.66. The molecule has 1 aromatic carbocycles. The summed E-state index contributed by atoms with van der Waals surface area (Å²) >= 11 is 0. The molecule has 0 aliphatic carbocycles. The summed E-state index contributed by atoms with van der Waals surface area (Å²) in [5.74, 6) is -0.125. The minimum absolute atomic E-state index is 0.125. The standard InChI is InChI=1S/C15H19N3O4/c19-13-12(17-14(20)18-13)8-4-5-9-16-15(21)22-10-11-6-2-1-3-7-11/h1-3,6-7,19H,4-5,8-10H2,(H,16,21)(H2,17,18,20). The Hall–Kier alpha value is -2.70. The maximum atomic E-state index is 11.5. The Kier molecular flexibility index (Phi) is 5.65. The van der Waals surface area contributed by atoms with Crippen LogP contribution in [0.5, 0.6) is 5.88 Å². The highest BCUT2D eigenvalue weighted by molar-refractivity contribution is 5.67. The Morgan fingerprint density at radius 2 is 1.95 bits per heavy atom. The largest absolute Gasteiger partial charge is 0.493 e. The number of rotatable bonds is 7. The van der Waals surface area contributed by atoms with Crippen molar-refractivity contribution >= 4 is 6.09 Å². The molecular weight excluding hydrogens is 286 g/mol. The van der Waals surface area contributed by atoms with Crippen LogP contribution in [0, 0.1) is 0 Å². The first-order valence-corrected chi connectivity index (χ1v) is 7.10. The van der Waals surface area contributed by atoms with Crippen molar-refractivity contribution in [2.75, 3.05) is 6.54 Å². The third kappa shape index (κ3) is 5.01. The van der Waals surface area contributed by atoms with Gasteiger partial charge in [0.25, 0.3) is 0 Å². The monoisotopic (exact) mass is 305 g/mol. The van der Waals surface area contributed by atoms with Gasteiger partial charge in [-0.25, -0.2) is 9.59 Å². The van der Waals surface area contributed by atoms with E-state index in [9.17, 15) is 14.7 Å². The summed E-state index contributed by atoms with van der Waals surface area (Å²) in [7, 11) is 0. The van der Waals surface area contributed by atoms with Gasteiger partial charge in [0.2, 0.25) is 5.88 Å². The van der Waals surface area contributed by atoms with Gasteiger partial charge in [-0.15, -0.1) is 0 Å². The molecule has 0 unspecified atom stereocenters. The molecule has 0 fully saturated rings. The van der Waals surface area contributed by atoms with Crippen molar-refractivity contribution in [3.05, 3.63) is 52.1 Å². The number of aromatic nitrogens is 2. The second-order valence-electron chi connectivity index (χ2n) is 4.85. The number of alkyl carbamates (subject to hydrolysis) is 1. The van der Waals surface area contributed by atoms with Crippen molar-refractivity contribution in [2.24, 2.45) is 0 Å². The van der Waals surface area contributed by atoms with Crippen LogP contribution in [0.3, 0.4) is 0 Å². The van der Waals surface area contributed by atoms with Crippen LogP contribution in [-0.2, 0) is 17.8 Å². The van der Waals surface area contributed by atoms with E-state index in [0.717, 1.165) is 12.0 Å². The Bertz CT molecular complexity index is 648. The van der Waals surface area contributed by atoms with Crippen molar-refractivity contribution in [3.8, 4) is 5.88 Å². The summed E-state index contributed by atoms with van der Waals surface area (Å²) in [6, 6.07) is 9.45. The second-order valence-corrected chi connectivity index (χ2v) is 4.85. The molecule has 0 atom stereocenters. The molecule has 4 N–H and O–H groups in total. The van der Waals surface area contributed by atoms with Crippen molar-refractivity contribution in [1.29, 1.82) is 0 Å². The summed E-state index contributed by atoms with van der Waals surface area (Å²) < 4.78 is 5.07. The van der Waals surface area contributed by atoms with Crippen LogP contribution in [0.2, 0.25) is 0 Å². The number of amides is 1. The number of ether oxygens (including phenoxy) is 1. The van der Waals surface area contributed by atoms with Gasteiger partial charge in [0, 0.05) is 6.54 Å². The Labute approximate surface area is 127 Å². The zero-order valence-corrected chi connectivity index (χ0v) is 12.1. The topological polar surface area (TPSA) is 107 Å². The van der Waals surface area contributed by atoms with Crippen LogP contribution < -0.4 is 11.0 Å². The molecule has 0 aliphatic rings. The van der Waals surface area contributed by atoms with Gasteiger partial charge in [0.1, 0.15) is 6.61 Å². The van der Waals surface area contributed by atoms with Crippen LogP contribution in [-0.4, -0.2) is 27.7 Å². The third-order valence-corrected chi connectivity index (χ3v) is 3.12. The molecule has 7 heteroatoms. The molecule has 0 aliphatic heterocycles. The number of nitrogens with one attached hydrogen (secondary N) is 3. The molecule has 0 bridgehead atoms. The molecule has 2 aromatic rings. The molecule has 7 nitrogen and oxygen atoms in total. The van der Waals surface area contributed by atoms with Gasteiger partial charge >= 0.3 is 11.8 Å². The van der Waals surface area contributed by atoms with E-state index in [1.54, 1.807) is 0 Å². The molecule has 118 valence electrons. The van der Waals surface area contributed by atoms with Crippen LogP contribution in [0.4, 0.5) is 4.79 Å². The number of unbranched alkanes of at least 4 members (excludes halogenated alkanes) is 1. The van der Waals surface area contributed by atoms with Gasteiger partial charge in [-0.2, -0.15) is 0 Å². The lowest BCUT2D eigenvalue weighted by atomic mass is 10.2. The summed E-state index contributed by atoms with van der Waals surface area (Å²) in [5, 5.41) is 12.0. The number of hydrogen-bond acceptors (Lipinski definition) is 4. The molecule has 22 heavy (non-hydrogen) atoms. The summed E-state index contributed by atoms with van der Waals surface area (Å²) in [5.41, 5.74) is 0.997. The maximum Gasteiger partial charge on any atom is 0.407 e. The van der Waals surface area contributed by atoms with E-state index >= 15 is 0 Å². The SMILES string of the molecule is O=C(NCCCCc1[nH]c(=O)[nH]c1O)OCc1ccccc1. The van der Waals surface area contributed by atoms with Crippen LogP contribution in [0.25, 0.3) is 0 Å². The van der Waals surface area contributed by atoms with E-state index in [0.29, 0.717) is 25.1 Å². The first-order chi connectivity index (χ1) is 10.6. The number of hydrogen-bond donors (Lipinski definition) is 4. The smallest absolute Gasteiger partial charge is 0.407 e. The molecule has 1 amide bonds. The number of carbonyl (C=O) groups is 1. The lowest BCUT2D eigenvalue weighted by molar-refractivity contribution is 0.139. The Morgan fingerprint density at radius 3 is 2.64 bits per heavy atom. The highest BCUT2D eigenvalue weighted by atomic mass is 16.5. The highest BCUT2D eigenvalue weighted by Crippen LogP contribution is 2.10. The lowest BCUT2D eigenvalue weighted by Crippen LogP contribution is -2.25. The first-order valence-electron chi connectivity index (χ1n) is 7.10. The van der Waals surface area contributed by atoms with Crippen molar-refractivity contribution in [3.63, 3.8) is 0 Å². The molecule has 0 radical (unpaired) electrons. The van der Waals surface area contributed by atoms with Crippen molar-refractivity contribution < 1.29 is 14.6 Å². The van der Waals surface area contributed by atoms with Gasteiger partial charge in [0.15, 0.2) is 0 Å². The lowest BCUT2D eigenvalue weighted by Gasteiger charge is -2.06. The quantitative estimate of drug-likeness (QED) is 0.583. The minimum atomic E-state index is -0.457. The number of aromatic hydroxyl groups is 1. The average molecular weight is 305 g/mol. The molecule has 0 saturated carbocycles.